The second-order valence-electron chi connectivity index (χ2n) is 5.39. The first-order valence-electron chi connectivity index (χ1n) is 6.85. The molecule has 112 valence electrons. The number of piperidine rings is 1. The van der Waals surface area contributed by atoms with Crippen LogP contribution in [0.4, 0.5) is 0 Å². The van der Waals surface area contributed by atoms with E-state index in [9.17, 15) is 4.79 Å². The van der Waals surface area contributed by atoms with E-state index >= 15 is 0 Å². The lowest BCUT2D eigenvalue weighted by Crippen LogP contribution is -2.44. The smallest absolute Gasteiger partial charge is 0.251 e. The monoisotopic (exact) mass is 316 g/mol. The van der Waals surface area contributed by atoms with Gasteiger partial charge in [-0.25, -0.2) is 0 Å². The summed E-state index contributed by atoms with van der Waals surface area (Å²) in [5.74, 6) is 0.474. The average molecular weight is 317 g/mol. The first-order valence-corrected chi connectivity index (χ1v) is 7.23. The van der Waals surface area contributed by atoms with E-state index in [1.54, 1.807) is 6.07 Å². The third-order valence-corrected chi connectivity index (χ3v) is 3.92. The molecule has 5 heteroatoms. The van der Waals surface area contributed by atoms with Crippen LogP contribution in [0.2, 0.25) is 5.02 Å². The summed E-state index contributed by atoms with van der Waals surface area (Å²) < 4.78 is 0. The van der Waals surface area contributed by atoms with Crippen molar-refractivity contribution in [2.75, 3.05) is 13.1 Å². The van der Waals surface area contributed by atoms with Crippen molar-refractivity contribution in [1.29, 1.82) is 0 Å². The van der Waals surface area contributed by atoms with Crippen LogP contribution in [-0.4, -0.2) is 25.0 Å². The molecule has 2 unspecified atom stereocenters. The highest BCUT2D eigenvalue weighted by atomic mass is 35.5. The number of aryl methyl sites for hydroxylation is 1. The summed E-state index contributed by atoms with van der Waals surface area (Å²) >= 11 is 5.99. The van der Waals surface area contributed by atoms with Gasteiger partial charge in [-0.2, -0.15) is 0 Å². The molecule has 1 aromatic carbocycles. The van der Waals surface area contributed by atoms with Crippen molar-refractivity contribution >= 4 is 29.9 Å². The minimum atomic E-state index is -0.0383. The summed E-state index contributed by atoms with van der Waals surface area (Å²) in [5.41, 5.74) is 1.64. The Balaban J connectivity index is 0.00000200. The second-order valence-corrected chi connectivity index (χ2v) is 5.82. The largest absolute Gasteiger partial charge is 0.349 e. The van der Waals surface area contributed by atoms with Crippen LogP contribution in [0.15, 0.2) is 18.2 Å². The standard InChI is InChI=1S/C15H21ClN2O.ClH/c1-10-6-13(8-14(16)7-10)15(19)18-11(2)12-4-3-5-17-9-12;/h6-8,11-12,17H,3-5,9H2,1-2H3,(H,18,19);1H. The zero-order valence-corrected chi connectivity index (χ0v) is 13.5. The highest BCUT2D eigenvalue weighted by molar-refractivity contribution is 6.31. The van der Waals surface area contributed by atoms with Crippen LogP contribution in [0.25, 0.3) is 0 Å². The molecule has 2 atom stereocenters. The SMILES string of the molecule is Cc1cc(Cl)cc(C(=O)NC(C)C2CCCNC2)c1.Cl. The van der Waals surface area contributed by atoms with E-state index in [2.05, 4.69) is 17.6 Å². The van der Waals surface area contributed by atoms with Gasteiger partial charge in [0.2, 0.25) is 0 Å². The van der Waals surface area contributed by atoms with Gasteiger partial charge in [0.1, 0.15) is 0 Å². The van der Waals surface area contributed by atoms with Crippen LogP contribution in [0, 0.1) is 12.8 Å². The molecule has 1 aliphatic rings. The molecule has 1 saturated heterocycles. The number of carbonyl (C=O) groups excluding carboxylic acids is 1. The molecule has 0 spiro atoms. The van der Waals surface area contributed by atoms with Crippen LogP contribution < -0.4 is 10.6 Å². The Morgan fingerprint density at radius 3 is 2.80 bits per heavy atom. The zero-order valence-electron chi connectivity index (χ0n) is 11.9. The number of halogens is 2. The molecule has 1 fully saturated rings. The molecule has 1 aromatic rings. The van der Waals surface area contributed by atoms with Crippen molar-refractivity contribution in [3.8, 4) is 0 Å². The van der Waals surface area contributed by atoms with E-state index in [-0.39, 0.29) is 24.4 Å². The van der Waals surface area contributed by atoms with E-state index in [0.29, 0.717) is 16.5 Å². The van der Waals surface area contributed by atoms with Gasteiger partial charge in [-0.05, 0) is 69.5 Å². The molecule has 3 nitrogen and oxygen atoms in total. The van der Waals surface area contributed by atoms with E-state index in [4.69, 9.17) is 11.6 Å². The maximum Gasteiger partial charge on any atom is 0.251 e. The summed E-state index contributed by atoms with van der Waals surface area (Å²) in [6.45, 7) is 6.09. The number of nitrogens with one attached hydrogen (secondary N) is 2. The van der Waals surface area contributed by atoms with E-state index in [1.807, 2.05) is 19.1 Å². The van der Waals surface area contributed by atoms with Gasteiger partial charge in [0.05, 0.1) is 0 Å². The minimum absolute atomic E-state index is 0. The predicted molar refractivity (Wildman–Crippen MR) is 86.0 cm³/mol. The molecule has 0 saturated carbocycles. The average Bonchev–Trinajstić information content (AvgIpc) is 2.38. The van der Waals surface area contributed by atoms with E-state index in [0.717, 1.165) is 18.7 Å². The molecule has 1 amide bonds. The van der Waals surface area contributed by atoms with Gasteiger partial charge in [0.25, 0.3) is 5.91 Å². The molecule has 1 aliphatic heterocycles. The Labute approximate surface area is 131 Å². The molecule has 2 N–H and O–H groups in total. The molecule has 0 bridgehead atoms. The van der Waals surface area contributed by atoms with Crippen molar-refractivity contribution in [2.24, 2.45) is 5.92 Å². The van der Waals surface area contributed by atoms with Crippen molar-refractivity contribution < 1.29 is 4.79 Å². The number of hydrogen-bond acceptors (Lipinski definition) is 2. The van der Waals surface area contributed by atoms with Gasteiger partial charge in [-0.15, -0.1) is 12.4 Å². The van der Waals surface area contributed by atoms with Gasteiger partial charge < -0.3 is 10.6 Å². The maximum absolute atomic E-state index is 12.2. The summed E-state index contributed by atoms with van der Waals surface area (Å²) in [4.78, 5) is 12.2. The fourth-order valence-electron chi connectivity index (χ4n) is 2.58. The van der Waals surface area contributed by atoms with Gasteiger partial charge in [-0.1, -0.05) is 11.6 Å². The number of rotatable bonds is 3. The zero-order chi connectivity index (χ0) is 13.8. The fourth-order valence-corrected chi connectivity index (χ4v) is 2.87. The van der Waals surface area contributed by atoms with Crippen molar-refractivity contribution in [3.63, 3.8) is 0 Å². The summed E-state index contributed by atoms with van der Waals surface area (Å²) in [6, 6.07) is 5.62. The topological polar surface area (TPSA) is 41.1 Å². The van der Waals surface area contributed by atoms with Crippen LogP contribution in [0.5, 0.6) is 0 Å². The van der Waals surface area contributed by atoms with Gasteiger partial charge in [-0.3, -0.25) is 4.79 Å². The molecule has 0 aliphatic carbocycles. The lowest BCUT2D eigenvalue weighted by molar-refractivity contribution is 0.0922. The first-order chi connectivity index (χ1) is 9.06. The third-order valence-electron chi connectivity index (χ3n) is 3.71. The molecule has 0 aromatic heterocycles. The van der Waals surface area contributed by atoms with Crippen LogP contribution in [-0.2, 0) is 0 Å². The van der Waals surface area contributed by atoms with Crippen molar-refractivity contribution in [2.45, 2.75) is 32.7 Å². The molecule has 1 heterocycles. The molecule has 20 heavy (non-hydrogen) atoms. The Morgan fingerprint density at radius 1 is 1.45 bits per heavy atom. The van der Waals surface area contributed by atoms with E-state index < -0.39 is 0 Å². The fraction of sp³-hybridized carbons (Fsp3) is 0.533. The second kappa shape index (κ2) is 7.87. The lowest BCUT2D eigenvalue weighted by Gasteiger charge is -2.29. The Morgan fingerprint density at radius 2 is 2.20 bits per heavy atom. The van der Waals surface area contributed by atoms with Crippen LogP contribution in [0.1, 0.15) is 35.7 Å². The van der Waals surface area contributed by atoms with Crippen molar-refractivity contribution in [3.05, 3.63) is 34.3 Å². The Kier molecular flexibility index (Phi) is 6.80. The molecule has 2 rings (SSSR count). The lowest BCUT2D eigenvalue weighted by atomic mass is 9.92. The highest BCUT2D eigenvalue weighted by Gasteiger charge is 2.21. The molecular formula is C15H22Cl2N2O. The number of hydrogen-bond donors (Lipinski definition) is 2. The molecular weight excluding hydrogens is 295 g/mol. The Bertz CT molecular complexity index is 439. The summed E-state index contributed by atoms with van der Waals surface area (Å²) in [5, 5.41) is 7.07. The van der Waals surface area contributed by atoms with E-state index in [1.165, 1.54) is 12.8 Å². The quantitative estimate of drug-likeness (QED) is 0.899. The summed E-state index contributed by atoms with van der Waals surface area (Å²) in [7, 11) is 0. The number of benzene rings is 1. The number of amides is 1. The minimum Gasteiger partial charge on any atom is -0.349 e. The van der Waals surface area contributed by atoms with Crippen molar-refractivity contribution in [1.82, 2.24) is 10.6 Å². The highest BCUT2D eigenvalue weighted by Crippen LogP contribution is 2.17. The Hall–Kier alpha value is -0.770. The number of carbonyl (C=O) groups is 1. The van der Waals surface area contributed by atoms with Crippen LogP contribution in [0.3, 0.4) is 0 Å². The van der Waals surface area contributed by atoms with Gasteiger partial charge in [0, 0.05) is 16.6 Å². The molecule has 0 radical (unpaired) electrons. The predicted octanol–water partition coefficient (Wildman–Crippen LogP) is 3.19. The van der Waals surface area contributed by atoms with Crippen LogP contribution >= 0.6 is 24.0 Å². The first kappa shape index (κ1) is 17.3. The normalized spacial score (nSPS) is 19.9. The summed E-state index contributed by atoms with van der Waals surface area (Å²) in [6.07, 6.45) is 2.35. The van der Waals surface area contributed by atoms with Gasteiger partial charge in [0.15, 0.2) is 0 Å². The maximum atomic E-state index is 12.2. The van der Waals surface area contributed by atoms with Gasteiger partial charge >= 0.3 is 0 Å². The third kappa shape index (κ3) is 4.65.